The molecule has 54 valence electrons. The van der Waals surface area contributed by atoms with Gasteiger partial charge in [0, 0.05) is 0 Å². The molecular weight excluding hydrogens is 135 g/mol. The van der Waals surface area contributed by atoms with Gasteiger partial charge in [0.25, 0.3) is 5.97 Å². The summed E-state index contributed by atoms with van der Waals surface area (Å²) in [7, 11) is 0. The number of nitrogens with zero attached hydrogens (tertiary/aromatic N) is 1. The fourth-order valence-electron chi connectivity index (χ4n) is 0.166. The van der Waals surface area contributed by atoms with Crippen molar-refractivity contribution in [1.29, 1.82) is 0 Å². The molecule has 0 aliphatic carbocycles. The first-order valence-electron chi connectivity index (χ1n) is 2.32. The molecule has 0 heterocycles. The van der Waals surface area contributed by atoms with Crippen molar-refractivity contribution < 1.29 is 18.0 Å². The Labute approximate surface area is 50.3 Å². The Kier molecular flexibility index (Phi) is 3.83. The Morgan fingerprint density at radius 2 is 2.22 bits per heavy atom. The number of alkyl halides is 2. The first-order chi connectivity index (χ1) is 4.18. The van der Waals surface area contributed by atoms with E-state index in [9.17, 15) is 13.2 Å². The molecule has 0 saturated heterocycles. The predicted molar refractivity (Wildman–Crippen MR) is 26.2 cm³/mol. The minimum absolute atomic E-state index is 0.0835. The molecule has 0 aromatic rings. The van der Waals surface area contributed by atoms with Gasteiger partial charge < -0.3 is 4.84 Å². The quantitative estimate of drug-likeness (QED) is 0.431. The Morgan fingerprint density at radius 3 is 2.56 bits per heavy atom. The lowest BCUT2D eigenvalue weighted by molar-refractivity contribution is 0.138. The van der Waals surface area contributed by atoms with E-state index in [0.717, 1.165) is 0 Å². The molecule has 0 aromatic carbocycles. The van der Waals surface area contributed by atoms with Gasteiger partial charge in [0.1, 0.15) is 6.61 Å². The first-order valence-corrected chi connectivity index (χ1v) is 2.32. The molecule has 0 radical (unpaired) electrons. The van der Waals surface area contributed by atoms with Gasteiger partial charge in [-0.2, -0.15) is 4.39 Å². The summed E-state index contributed by atoms with van der Waals surface area (Å²) >= 11 is 0. The molecule has 0 fully saturated rings. The highest BCUT2D eigenvalue weighted by molar-refractivity contribution is 5.77. The van der Waals surface area contributed by atoms with Crippen LogP contribution >= 0.6 is 0 Å². The first kappa shape index (κ1) is 8.26. The molecule has 0 aliphatic rings. The maximum absolute atomic E-state index is 11.6. The smallest absolute Gasteiger partial charge is 0.310 e. The fraction of sp³-hybridized carbons (Fsp3) is 0.750. The van der Waals surface area contributed by atoms with Crippen molar-refractivity contribution in [2.75, 3.05) is 6.61 Å². The van der Waals surface area contributed by atoms with Crippen molar-refractivity contribution in [1.82, 2.24) is 0 Å². The summed E-state index contributed by atoms with van der Waals surface area (Å²) in [5, 5.41) is 2.44. The van der Waals surface area contributed by atoms with Gasteiger partial charge in [0.2, 0.25) is 0 Å². The summed E-state index contributed by atoms with van der Waals surface area (Å²) < 4.78 is 33.9. The molecule has 0 atom stereocenters. The second-order valence-electron chi connectivity index (χ2n) is 1.13. The van der Waals surface area contributed by atoms with E-state index in [1.165, 1.54) is 6.92 Å². The van der Waals surface area contributed by atoms with Gasteiger partial charge >= 0.3 is 6.43 Å². The number of hydrogen-bond donors (Lipinski definition) is 0. The molecule has 0 amide bonds. The molecule has 0 saturated carbocycles. The van der Waals surface area contributed by atoms with Crippen LogP contribution in [0.1, 0.15) is 6.92 Å². The average Bonchev–Trinajstić information content (AvgIpc) is 1.82. The average molecular weight is 141 g/mol. The number of hydrogen-bond acceptors (Lipinski definition) is 2. The van der Waals surface area contributed by atoms with E-state index in [1.54, 1.807) is 0 Å². The standard InChI is InChI=1S/C4H6F3NO/c1-2-9-8-4(7)3(5)6/h3H,2H2,1H3. The molecule has 0 N–H and O–H groups in total. The summed E-state index contributed by atoms with van der Waals surface area (Å²) in [6, 6.07) is 0. The molecule has 9 heavy (non-hydrogen) atoms. The minimum atomic E-state index is -3.17. The van der Waals surface area contributed by atoms with Crippen LogP contribution in [-0.2, 0) is 4.84 Å². The zero-order chi connectivity index (χ0) is 7.28. The van der Waals surface area contributed by atoms with Crippen LogP contribution in [0, 0.1) is 0 Å². The highest BCUT2D eigenvalue weighted by atomic mass is 19.3. The van der Waals surface area contributed by atoms with Gasteiger partial charge in [-0.1, -0.05) is 5.16 Å². The van der Waals surface area contributed by atoms with E-state index in [0.29, 0.717) is 0 Å². The normalized spacial score (nSPS) is 12.3. The van der Waals surface area contributed by atoms with E-state index >= 15 is 0 Å². The lowest BCUT2D eigenvalue weighted by atomic mass is 10.7. The molecule has 0 aliphatic heterocycles. The fourth-order valence-corrected chi connectivity index (χ4v) is 0.166. The van der Waals surface area contributed by atoms with E-state index in [2.05, 4.69) is 9.99 Å². The third kappa shape index (κ3) is 3.81. The highest BCUT2D eigenvalue weighted by Crippen LogP contribution is 1.97. The van der Waals surface area contributed by atoms with E-state index in [1.807, 2.05) is 0 Å². The third-order valence-corrected chi connectivity index (χ3v) is 0.461. The van der Waals surface area contributed by atoms with Gasteiger partial charge in [-0.3, -0.25) is 0 Å². The zero-order valence-electron chi connectivity index (χ0n) is 4.77. The molecule has 2 nitrogen and oxygen atoms in total. The van der Waals surface area contributed by atoms with Gasteiger partial charge in [-0.15, -0.1) is 0 Å². The van der Waals surface area contributed by atoms with Gasteiger partial charge in [0.05, 0.1) is 0 Å². The summed E-state index contributed by atoms with van der Waals surface area (Å²) in [6.07, 6.45) is -3.17. The van der Waals surface area contributed by atoms with Crippen LogP contribution in [0.5, 0.6) is 0 Å². The molecule has 5 heteroatoms. The van der Waals surface area contributed by atoms with Crippen LogP contribution in [0.2, 0.25) is 0 Å². The van der Waals surface area contributed by atoms with Crippen LogP contribution in [0.15, 0.2) is 5.16 Å². The minimum Gasteiger partial charge on any atom is -0.394 e. The van der Waals surface area contributed by atoms with Crippen LogP contribution < -0.4 is 0 Å². The number of rotatable bonds is 3. The topological polar surface area (TPSA) is 21.6 Å². The lowest BCUT2D eigenvalue weighted by Gasteiger charge is -1.92. The van der Waals surface area contributed by atoms with Crippen molar-refractivity contribution in [2.45, 2.75) is 13.3 Å². The molecule has 0 unspecified atom stereocenters. The van der Waals surface area contributed by atoms with Crippen molar-refractivity contribution in [3.63, 3.8) is 0 Å². The van der Waals surface area contributed by atoms with Gasteiger partial charge in [-0.25, -0.2) is 8.78 Å². The second-order valence-corrected chi connectivity index (χ2v) is 1.13. The largest absolute Gasteiger partial charge is 0.394 e. The summed E-state index contributed by atoms with van der Waals surface area (Å²) in [5.74, 6) is -1.78. The Morgan fingerprint density at radius 1 is 1.67 bits per heavy atom. The summed E-state index contributed by atoms with van der Waals surface area (Å²) in [4.78, 5) is 3.99. The van der Waals surface area contributed by atoms with E-state index < -0.39 is 12.4 Å². The monoisotopic (exact) mass is 141 g/mol. The van der Waals surface area contributed by atoms with Crippen molar-refractivity contribution in [3.8, 4) is 0 Å². The molecule has 0 spiro atoms. The van der Waals surface area contributed by atoms with Crippen molar-refractivity contribution in [2.24, 2.45) is 5.16 Å². The van der Waals surface area contributed by atoms with Crippen LogP contribution in [0.4, 0.5) is 13.2 Å². The van der Waals surface area contributed by atoms with Crippen LogP contribution in [-0.4, -0.2) is 19.0 Å². The number of oxime groups is 1. The highest BCUT2D eigenvalue weighted by Gasteiger charge is 2.11. The van der Waals surface area contributed by atoms with Crippen molar-refractivity contribution >= 4 is 5.97 Å². The Hall–Kier alpha value is -0.740. The lowest BCUT2D eigenvalue weighted by Crippen LogP contribution is -2.03. The second kappa shape index (κ2) is 4.17. The summed E-state index contributed by atoms with van der Waals surface area (Å²) in [5.41, 5.74) is 0. The van der Waals surface area contributed by atoms with Crippen LogP contribution in [0.3, 0.4) is 0 Å². The summed E-state index contributed by atoms with van der Waals surface area (Å²) in [6.45, 7) is 1.60. The third-order valence-electron chi connectivity index (χ3n) is 0.461. The van der Waals surface area contributed by atoms with Crippen molar-refractivity contribution in [3.05, 3.63) is 0 Å². The van der Waals surface area contributed by atoms with Gasteiger partial charge in [-0.05, 0) is 6.92 Å². The molecule has 0 aromatic heterocycles. The predicted octanol–water partition coefficient (Wildman–Crippen LogP) is 1.57. The SMILES string of the molecule is CCON=C(F)C(F)F. The van der Waals surface area contributed by atoms with Crippen LogP contribution in [0.25, 0.3) is 0 Å². The molecule has 0 bridgehead atoms. The molecular formula is C4H6F3NO. The van der Waals surface area contributed by atoms with E-state index in [4.69, 9.17) is 0 Å². The Balaban J connectivity index is 3.55. The Bertz CT molecular complexity index is 104. The maximum atomic E-state index is 11.6. The maximum Gasteiger partial charge on any atom is 0.310 e. The van der Waals surface area contributed by atoms with E-state index in [-0.39, 0.29) is 6.61 Å². The van der Waals surface area contributed by atoms with Gasteiger partial charge in [0.15, 0.2) is 0 Å². The zero-order valence-corrected chi connectivity index (χ0v) is 4.77. The number of halogens is 3. The molecule has 0 rings (SSSR count).